The zero-order valence-electron chi connectivity index (χ0n) is 33.4. The lowest BCUT2D eigenvalue weighted by atomic mass is 9.93. The second kappa shape index (κ2) is 27.5. The van der Waals surface area contributed by atoms with Crippen LogP contribution in [0.1, 0.15) is 196 Å². The first kappa shape index (κ1) is 46.8. The molecule has 0 rings (SSSR count). The van der Waals surface area contributed by atoms with Crippen LogP contribution < -0.4 is 0 Å². The number of unbranched alkanes of at least 4 members (excludes halogenated alkanes) is 21. The Morgan fingerprint density at radius 1 is 0.604 bits per heavy atom. The summed E-state index contributed by atoms with van der Waals surface area (Å²) >= 11 is 0. The fourth-order valence-electron chi connectivity index (χ4n) is 5.93. The van der Waals surface area contributed by atoms with Crippen LogP contribution in [0.3, 0.4) is 0 Å². The summed E-state index contributed by atoms with van der Waals surface area (Å²) < 4.78 is 17.0. The topological polar surface area (TPSA) is 78.9 Å². The molecule has 0 aliphatic rings. The molecule has 0 N–H and O–H groups in total. The molecule has 0 aliphatic carbocycles. The minimum Gasteiger partial charge on any atom is -0.469 e. The lowest BCUT2D eigenvalue weighted by Crippen LogP contribution is -2.47. The van der Waals surface area contributed by atoms with Crippen LogP contribution in [0.2, 0.25) is 18.1 Å². The highest BCUT2D eigenvalue weighted by Gasteiger charge is 2.42. The zero-order chi connectivity index (χ0) is 36.3. The van der Waals surface area contributed by atoms with Gasteiger partial charge in [-0.25, -0.2) is 0 Å². The summed E-state index contributed by atoms with van der Waals surface area (Å²) in [5.74, 6) is -0.704. The van der Waals surface area contributed by atoms with Crippen molar-refractivity contribution < 1.29 is 28.3 Å². The molecule has 0 aliphatic heterocycles. The molecule has 0 aromatic rings. The molecule has 0 spiro atoms. The molecule has 0 heterocycles. The number of aldehydes is 1. The molecule has 0 unspecified atom stereocenters. The van der Waals surface area contributed by atoms with E-state index in [-0.39, 0.29) is 34.7 Å². The van der Waals surface area contributed by atoms with Gasteiger partial charge in [0.1, 0.15) is 6.29 Å². The van der Waals surface area contributed by atoms with Gasteiger partial charge in [0.2, 0.25) is 0 Å². The van der Waals surface area contributed by atoms with Crippen molar-refractivity contribution in [1.82, 2.24) is 0 Å². The van der Waals surface area contributed by atoms with E-state index in [4.69, 9.17) is 13.9 Å². The Bertz CT molecular complexity index is 813. The average molecular weight is 697 g/mol. The quantitative estimate of drug-likeness (QED) is 0.0311. The van der Waals surface area contributed by atoms with Gasteiger partial charge in [-0.05, 0) is 51.7 Å². The second-order valence-electron chi connectivity index (χ2n) is 16.9. The van der Waals surface area contributed by atoms with Gasteiger partial charge in [-0.1, -0.05) is 156 Å². The smallest absolute Gasteiger partial charge is 0.311 e. The van der Waals surface area contributed by atoms with Crippen molar-refractivity contribution in [3.63, 3.8) is 0 Å². The molecule has 0 radical (unpaired) electrons. The molecular weight excluding hydrogens is 617 g/mol. The number of ether oxygens (including phenoxy) is 2. The maximum Gasteiger partial charge on any atom is 0.311 e. The number of rotatable bonds is 31. The van der Waals surface area contributed by atoms with Crippen molar-refractivity contribution >= 4 is 26.5 Å². The maximum absolute atomic E-state index is 12.6. The van der Waals surface area contributed by atoms with Crippen molar-refractivity contribution in [1.29, 1.82) is 0 Å². The summed E-state index contributed by atoms with van der Waals surface area (Å²) in [6, 6.07) is 0. The molecule has 0 saturated heterocycles. The van der Waals surface area contributed by atoms with Crippen LogP contribution in [0.25, 0.3) is 0 Å². The van der Waals surface area contributed by atoms with Crippen LogP contribution in [0.4, 0.5) is 0 Å². The number of carbonyl (C=O) groups excluding carboxylic acids is 3. The summed E-state index contributed by atoms with van der Waals surface area (Å²) in [6.07, 6.45) is 29.9. The predicted molar refractivity (Wildman–Crippen MR) is 205 cm³/mol. The third-order valence-electron chi connectivity index (χ3n) is 10.3. The van der Waals surface area contributed by atoms with Crippen molar-refractivity contribution in [3.05, 3.63) is 0 Å². The summed E-state index contributed by atoms with van der Waals surface area (Å²) in [5.41, 5.74) is -0.390. The predicted octanol–water partition coefficient (Wildman–Crippen LogP) is 12.3. The summed E-state index contributed by atoms with van der Waals surface area (Å²) in [4.78, 5) is 35.8. The first-order chi connectivity index (χ1) is 22.7. The molecule has 0 amide bonds. The summed E-state index contributed by atoms with van der Waals surface area (Å²) in [6.45, 7) is 17.2. The Balaban J connectivity index is 3.69. The van der Waals surface area contributed by atoms with Gasteiger partial charge in [0, 0.05) is 6.42 Å². The minimum atomic E-state index is -2.11. The van der Waals surface area contributed by atoms with E-state index in [1.807, 2.05) is 20.8 Å². The van der Waals surface area contributed by atoms with Gasteiger partial charge in [-0.2, -0.15) is 0 Å². The first-order valence-corrected chi connectivity index (χ1v) is 22.9. The van der Waals surface area contributed by atoms with Crippen LogP contribution >= 0.6 is 0 Å². The Hall–Kier alpha value is -1.21. The van der Waals surface area contributed by atoms with E-state index in [9.17, 15) is 14.4 Å². The highest BCUT2D eigenvalue weighted by molar-refractivity contribution is 6.74. The lowest BCUT2D eigenvalue weighted by Gasteiger charge is -2.40. The van der Waals surface area contributed by atoms with Gasteiger partial charge >= 0.3 is 11.9 Å². The standard InChI is InChI=1S/C41H80O6Si/c1-40(2,3)39(44)46-35-31-29-27-25-23-21-19-17-15-13-11-10-12-14-16-18-20-22-24-26-28-30-32-36(38(43)45-7)37(33-34-42)47-48(8,9)41(4,5)6/h34,36-37H,10-33,35H2,1-9H3/t36-,37-/m1/s1. The zero-order valence-corrected chi connectivity index (χ0v) is 34.4. The Morgan fingerprint density at radius 2 is 0.958 bits per heavy atom. The molecule has 0 bridgehead atoms. The lowest BCUT2D eigenvalue weighted by molar-refractivity contribution is -0.153. The molecule has 0 fully saturated rings. The molecule has 7 heteroatoms. The van der Waals surface area contributed by atoms with E-state index in [1.165, 1.54) is 129 Å². The Morgan fingerprint density at radius 3 is 1.27 bits per heavy atom. The number of hydrogen-bond donors (Lipinski definition) is 0. The van der Waals surface area contributed by atoms with Gasteiger partial charge in [-0.3, -0.25) is 9.59 Å². The minimum absolute atomic E-state index is 0.0190. The van der Waals surface area contributed by atoms with E-state index in [0.717, 1.165) is 32.0 Å². The molecule has 0 aromatic heterocycles. The van der Waals surface area contributed by atoms with E-state index in [0.29, 0.717) is 6.61 Å². The fraction of sp³-hybridized carbons (Fsp3) is 0.927. The van der Waals surface area contributed by atoms with Crippen molar-refractivity contribution in [2.45, 2.75) is 220 Å². The van der Waals surface area contributed by atoms with Gasteiger partial charge in [0.25, 0.3) is 0 Å². The van der Waals surface area contributed by atoms with Crippen LogP contribution in [0, 0.1) is 11.3 Å². The Kier molecular flexibility index (Phi) is 26.8. The SMILES string of the molecule is COC(=O)[C@H](CCCCCCCCCCCCCCCCCCCCCCCCOC(=O)C(C)(C)C)[C@@H](CC=O)O[Si](C)(C)C(C)(C)C. The molecule has 0 saturated carbocycles. The van der Waals surface area contributed by atoms with Gasteiger partial charge in [0.15, 0.2) is 8.32 Å². The van der Waals surface area contributed by atoms with E-state index in [1.54, 1.807) is 0 Å². The number of esters is 2. The van der Waals surface area contributed by atoms with Gasteiger partial charge < -0.3 is 18.7 Å². The highest BCUT2D eigenvalue weighted by Crippen LogP contribution is 2.39. The van der Waals surface area contributed by atoms with Crippen LogP contribution in [0.15, 0.2) is 0 Å². The third kappa shape index (κ3) is 24.0. The largest absolute Gasteiger partial charge is 0.469 e. The number of hydrogen-bond acceptors (Lipinski definition) is 6. The van der Waals surface area contributed by atoms with Crippen LogP contribution in [-0.4, -0.2) is 46.4 Å². The first-order valence-electron chi connectivity index (χ1n) is 20.0. The molecular formula is C41H80O6Si. The summed E-state index contributed by atoms with van der Waals surface area (Å²) in [5, 5.41) is 0.0190. The van der Waals surface area contributed by atoms with Crippen molar-refractivity contribution in [2.75, 3.05) is 13.7 Å². The van der Waals surface area contributed by atoms with Crippen molar-refractivity contribution in [2.24, 2.45) is 11.3 Å². The fourth-order valence-corrected chi connectivity index (χ4v) is 7.31. The Labute approximate surface area is 299 Å². The van der Waals surface area contributed by atoms with Crippen LogP contribution in [-0.2, 0) is 28.3 Å². The highest BCUT2D eigenvalue weighted by atomic mass is 28.4. The molecule has 2 atom stereocenters. The third-order valence-corrected chi connectivity index (χ3v) is 14.8. The number of carbonyl (C=O) groups is 3. The normalized spacial score (nSPS) is 13.7. The molecule has 284 valence electrons. The molecule has 0 aromatic carbocycles. The maximum atomic E-state index is 12.6. The van der Waals surface area contributed by atoms with Crippen LogP contribution in [0.5, 0.6) is 0 Å². The molecule has 6 nitrogen and oxygen atoms in total. The number of methoxy groups -OCH3 is 1. The average Bonchev–Trinajstić information content (AvgIpc) is 3.01. The van der Waals surface area contributed by atoms with E-state index in [2.05, 4.69) is 33.9 Å². The van der Waals surface area contributed by atoms with Gasteiger partial charge in [0.05, 0.1) is 31.2 Å². The van der Waals surface area contributed by atoms with E-state index >= 15 is 0 Å². The second-order valence-corrected chi connectivity index (χ2v) is 21.7. The monoisotopic (exact) mass is 697 g/mol. The molecule has 48 heavy (non-hydrogen) atoms. The van der Waals surface area contributed by atoms with Crippen molar-refractivity contribution in [3.8, 4) is 0 Å². The van der Waals surface area contributed by atoms with E-state index < -0.39 is 14.4 Å². The summed E-state index contributed by atoms with van der Waals surface area (Å²) in [7, 11) is -0.669. The van der Waals surface area contributed by atoms with Gasteiger partial charge in [-0.15, -0.1) is 0 Å².